The lowest BCUT2D eigenvalue weighted by Gasteiger charge is -2.02. The molecule has 0 unspecified atom stereocenters. The van der Waals surface area contributed by atoms with Crippen molar-refractivity contribution in [3.63, 3.8) is 0 Å². The SMILES string of the molecule is CCCCCOCCC[CH]OC. The van der Waals surface area contributed by atoms with E-state index in [1.807, 2.05) is 6.61 Å². The highest BCUT2D eigenvalue weighted by Crippen LogP contribution is 1.97. The lowest BCUT2D eigenvalue weighted by molar-refractivity contribution is 0.123. The van der Waals surface area contributed by atoms with Crippen molar-refractivity contribution >= 4 is 0 Å². The monoisotopic (exact) mass is 173 g/mol. The first-order chi connectivity index (χ1) is 5.91. The zero-order chi connectivity index (χ0) is 9.07. The maximum atomic E-state index is 5.41. The molecule has 0 saturated heterocycles. The first kappa shape index (κ1) is 11.9. The summed E-state index contributed by atoms with van der Waals surface area (Å²) in [6.07, 6.45) is 5.81. The summed E-state index contributed by atoms with van der Waals surface area (Å²) in [6.45, 7) is 5.80. The maximum absolute atomic E-state index is 5.41. The Morgan fingerprint density at radius 3 is 2.50 bits per heavy atom. The molecule has 0 aliphatic carbocycles. The molecule has 0 amide bonds. The number of unbranched alkanes of at least 4 members (excludes halogenated alkanes) is 3. The number of hydrogen-bond donors (Lipinski definition) is 0. The minimum Gasteiger partial charge on any atom is -0.381 e. The third-order valence-corrected chi connectivity index (χ3v) is 1.67. The topological polar surface area (TPSA) is 18.5 Å². The average molecular weight is 173 g/mol. The number of ether oxygens (including phenoxy) is 2. The Hall–Kier alpha value is -0.0800. The van der Waals surface area contributed by atoms with Gasteiger partial charge in [0.25, 0.3) is 0 Å². The van der Waals surface area contributed by atoms with Crippen LogP contribution in [0.2, 0.25) is 0 Å². The predicted octanol–water partition coefficient (Wildman–Crippen LogP) is 2.78. The van der Waals surface area contributed by atoms with Crippen LogP contribution in [0.15, 0.2) is 0 Å². The third-order valence-electron chi connectivity index (χ3n) is 1.67. The van der Waals surface area contributed by atoms with Crippen LogP contribution in [0.4, 0.5) is 0 Å². The Labute approximate surface area is 76.3 Å². The number of hydrogen-bond acceptors (Lipinski definition) is 2. The van der Waals surface area contributed by atoms with E-state index in [0.717, 1.165) is 26.1 Å². The van der Waals surface area contributed by atoms with E-state index in [1.165, 1.54) is 19.3 Å². The standard InChI is InChI=1S/C10H21O2/c1-3-4-5-9-12-10-7-6-8-11-2/h8H,3-7,9-10H2,1-2H3. The van der Waals surface area contributed by atoms with Crippen LogP contribution in [-0.2, 0) is 9.47 Å². The van der Waals surface area contributed by atoms with Crippen LogP contribution in [-0.4, -0.2) is 20.3 Å². The van der Waals surface area contributed by atoms with Crippen molar-refractivity contribution in [3.8, 4) is 0 Å². The summed E-state index contributed by atoms with van der Waals surface area (Å²) in [4.78, 5) is 0. The van der Waals surface area contributed by atoms with E-state index >= 15 is 0 Å². The fourth-order valence-corrected chi connectivity index (χ4v) is 0.943. The lowest BCUT2D eigenvalue weighted by Crippen LogP contribution is -1.97. The summed E-state index contributed by atoms with van der Waals surface area (Å²) in [5, 5.41) is 0. The van der Waals surface area contributed by atoms with Crippen molar-refractivity contribution in [2.45, 2.75) is 39.0 Å². The summed E-state index contributed by atoms with van der Waals surface area (Å²) in [6, 6.07) is 0. The van der Waals surface area contributed by atoms with E-state index < -0.39 is 0 Å². The van der Waals surface area contributed by atoms with Crippen LogP contribution in [0.1, 0.15) is 39.0 Å². The molecular formula is C10H21O2. The first-order valence-corrected chi connectivity index (χ1v) is 4.84. The molecule has 2 nitrogen and oxygen atoms in total. The fourth-order valence-electron chi connectivity index (χ4n) is 0.943. The highest BCUT2D eigenvalue weighted by Gasteiger charge is 1.89. The summed E-state index contributed by atoms with van der Waals surface area (Å²) >= 11 is 0. The highest BCUT2D eigenvalue weighted by atomic mass is 16.5. The smallest absolute Gasteiger partial charge is 0.0833 e. The highest BCUT2D eigenvalue weighted by molar-refractivity contribution is 4.48. The van der Waals surface area contributed by atoms with Crippen LogP contribution >= 0.6 is 0 Å². The fraction of sp³-hybridized carbons (Fsp3) is 0.900. The van der Waals surface area contributed by atoms with E-state index in [2.05, 4.69) is 6.92 Å². The van der Waals surface area contributed by atoms with Crippen LogP contribution in [0, 0.1) is 6.61 Å². The third kappa shape index (κ3) is 9.92. The quantitative estimate of drug-likeness (QED) is 0.499. The zero-order valence-corrected chi connectivity index (χ0v) is 8.34. The van der Waals surface area contributed by atoms with E-state index in [0.29, 0.717) is 0 Å². The minimum atomic E-state index is 0.865. The second-order valence-electron chi connectivity index (χ2n) is 2.86. The molecule has 0 aromatic heterocycles. The Balaban J connectivity index is 2.73. The van der Waals surface area contributed by atoms with Gasteiger partial charge in [0.05, 0.1) is 6.61 Å². The zero-order valence-electron chi connectivity index (χ0n) is 8.34. The van der Waals surface area contributed by atoms with Gasteiger partial charge in [-0.25, -0.2) is 0 Å². The van der Waals surface area contributed by atoms with Crippen LogP contribution in [0.3, 0.4) is 0 Å². The molecule has 2 heteroatoms. The van der Waals surface area contributed by atoms with E-state index in [1.54, 1.807) is 7.11 Å². The summed E-state index contributed by atoms with van der Waals surface area (Å²) in [5.74, 6) is 0. The molecule has 0 N–H and O–H groups in total. The van der Waals surface area contributed by atoms with Crippen LogP contribution in [0.25, 0.3) is 0 Å². The first-order valence-electron chi connectivity index (χ1n) is 4.84. The molecule has 0 spiro atoms. The molecule has 12 heavy (non-hydrogen) atoms. The van der Waals surface area contributed by atoms with E-state index in [4.69, 9.17) is 9.47 Å². The molecule has 0 aromatic rings. The van der Waals surface area contributed by atoms with Gasteiger partial charge in [0.1, 0.15) is 0 Å². The molecule has 0 atom stereocenters. The van der Waals surface area contributed by atoms with Crippen molar-refractivity contribution in [2.24, 2.45) is 0 Å². The Kier molecular flexibility index (Phi) is 10.8. The molecule has 0 fully saturated rings. The molecular weight excluding hydrogens is 152 g/mol. The number of methoxy groups -OCH3 is 1. The second-order valence-corrected chi connectivity index (χ2v) is 2.86. The van der Waals surface area contributed by atoms with Gasteiger partial charge in [-0.1, -0.05) is 19.8 Å². The second kappa shape index (κ2) is 10.9. The van der Waals surface area contributed by atoms with Gasteiger partial charge in [0.2, 0.25) is 0 Å². The molecule has 0 rings (SSSR count). The predicted molar refractivity (Wildman–Crippen MR) is 50.9 cm³/mol. The largest absolute Gasteiger partial charge is 0.381 e. The van der Waals surface area contributed by atoms with Gasteiger partial charge in [-0.15, -0.1) is 0 Å². The van der Waals surface area contributed by atoms with E-state index in [9.17, 15) is 0 Å². The van der Waals surface area contributed by atoms with Crippen molar-refractivity contribution in [1.82, 2.24) is 0 Å². The molecule has 0 heterocycles. The molecule has 0 saturated carbocycles. The van der Waals surface area contributed by atoms with E-state index in [-0.39, 0.29) is 0 Å². The number of rotatable bonds is 9. The van der Waals surface area contributed by atoms with Crippen LogP contribution in [0.5, 0.6) is 0 Å². The van der Waals surface area contributed by atoms with Gasteiger partial charge in [-0.2, -0.15) is 0 Å². The Morgan fingerprint density at radius 1 is 1.08 bits per heavy atom. The molecule has 0 aliphatic rings. The summed E-state index contributed by atoms with van der Waals surface area (Å²) < 4.78 is 10.2. The van der Waals surface area contributed by atoms with Gasteiger partial charge >= 0.3 is 0 Å². The molecule has 1 radical (unpaired) electrons. The molecule has 0 bridgehead atoms. The van der Waals surface area contributed by atoms with Gasteiger partial charge in [-0.3, -0.25) is 0 Å². The van der Waals surface area contributed by atoms with Crippen molar-refractivity contribution < 1.29 is 9.47 Å². The molecule has 73 valence electrons. The van der Waals surface area contributed by atoms with Gasteiger partial charge < -0.3 is 9.47 Å². The maximum Gasteiger partial charge on any atom is 0.0833 e. The average Bonchev–Trinajstić information content (AvgIpc) is 2.10. The van der Waals surface area contributed by atoms with Crippen molar-refractivity contribution in [2.75, 3.05) is 20.3 Å². The Morgan fingerprint density at radius 2 is 1.83 bits per heavy atom. The van der Waals surface area contributed by atoms with Gasteiger partial charge in [-0.05, 0) is 19.3 Å². The minimum absolute atomic E-state index is 0.865. The van der Waals surface area contributed by atoms with Crippen LogP contribution < -0.4 is 0 Å². The summed E-state index contributed by atoms with van der Waals surface area (Å²) in [7, 11) is 1.68. The lowest BCUT2D eigenvalue weighted by atomic mass is 10.3. The van der Waals surface area contributed by atoms with Gasteiger partial charge in [0, 0.05) is 20.3 Å². The molecule has 0 aliphatic heterocycles. The van der Waals surface area contributed by atoms with Crippen molar-refractivity contribution in [3.05, 3.63) is 6.61 Å². The summed E-state index contributed by atoms with van der Waals surface area (Å²) in [5.41, 5.74) is 0. The van der Waals surface area contributed by atoms with Gasteiger partial charge in [0.15, 0.2) is 0 Å². The van der Waals surface area contributed by atoms with Crippen molar-refractivity contribution in [1.29, 1.82) is 0 Å². The normalized spacial score (nSPS) is 10.5. The Bertz CT molecular complexity index is 64.2. The molecule has 0 aromatic carbocycles.